The van der Waals surface area contributed by atoms with E-state index >= 15 is 0 Å². The minimum Gasteiger partial charge on any atom is -0.334 e. The molecule has 168 valence electrons. The van der Waals surface area contributed by atoms with Gasteiger partial charge in [-0.1, -0.05) is 81.0 Å². The average Bonchev–Trinajstić information content (AvgIpc) is 2.53. The van der Waals surface area contributed by atoms with Crippen molar-refractivity contribution in [3.8, 4) is 0 Å². The second kappa shape index (κ2) is 14.2. The third kappa shape index (κ3) is 15.2. The molecule has 0 spiro atoms. The van der Waals surface area contributed by atoms with Gasteiger partial charge in [-0.05, 0) is 24.8 Å². The minimum atomic E-state index is -0.510. The van der Waals surface area contributed by atoms with Crippen molar-refractivity contribution in [2.24, 2.45) is 10.8 Å². The molecular formula is C21H46N4O2S. The maximum absolute atomic E-state index is 12.4. The fourth-order valence-corrected chi connectivity index (χ4v) is 2.42. The van der Waals surface area contributed by atoms with Gasteiger partial charge in [0.25, 0.3) is 0 Å². The van der Waals surface area contributed by atoms with E-state index in [9.17, 15) is 9.59 Å². The zero-order valence-corrected chi connectivity index (χ0v) is 20.8. The average molecular weight is 419 g/mol. The highest BCUT2D eigenvalue weighted by molar-refractivity contribution is 7.77. The number of carbonyl (C=O) groups is 2. The molecule has 0 bridgehead atoms. The zero-order chi connectivity index (χ0) is 22.5. The highest BCUT2D eigenvalue weighted by Gasteiger charge is 2.32. The van der Waals surface area contributed by atoms with Crippen molar-refractivity contribution in [3.05, 3.63) is 0 Å². The smallest absolute Gasteiger partial charge is 0.315 e. The van der Waals surface area contributed by atoms with Gasteiger partial charge in [-0.15, -0.1) is 0 Å². The Kier molecular flexibility index (Phi) is 15.0. The monoisotopic (exact) mass is 418 g/mol. The first-order valence-corrected chi connectivity index (χ1v) is 10.7. The Morgan fingerprint density at radius 2 is 1.46 bits per heavy atom. The van der Waals surface area contributed by atoms with E-state index in [1.54, 1.807) is 4.31 Å². The number of hydrogen-bond acceptors (Lipinski definition) is 5. The van der Waals surface area contributed by atoms with Crippen molar-refractivity contribution in [2.45, 2.75) is 87.2 Å². The lowest BCUT2D eigenvalue weighted by atomic mass is 9.84. The Balaban J connectivity index is 0. The molecule has 0 saturated heterocycles. The molecule has 0 aliphatic carbocycles. The van der Waals surface area contributed by atoms with E-state index in [0.29, 0.717) is 6.54 Å². The quantitative estimate of drug-likeness (QED) is 0.339. The van der Waals surface area contributed by atoms with Crippen LogP contribution in [0, 0.1) is 10.8 Å². The van der Waals surface area contributed by atoms with Crippen LogP contribution >= 0.6 is 12.8 Å². The molecule has 0 aromatic rings. The van der Waals surface area contributed by atoms with E-state index in [-0.39, 0.29) is 28.7 Å². The summed E-state index contributed by atoms with van der Waals surface area (Å²) >= 11 is 4.20. The molecule has 0 aliphatic rings. The Morgan fingerprint density at radius 3 is 1.79 bits per heavy atom. The van der Waals surface area contributed by atoms with Gasteiger partial charge in [0.1, 0.15) is 0 Å². The Hall–Kier alpha value is -0.790. The molecule has 2 atom stereocenters. The molecule has 0 saturated carbocycles. The second-order valence-corrected chi connectivity index (χ2v) is 10.2. The van der Waals surface area contributed by atoms with Gasteiger partial charge >= 0.3 is 6.03 Å². The van der Waals surface area contributed by atoms with Crippen LogP contribution in [0.2, 0.25) is 0 Å². The summed E-state index contributed by atoms with van der Waals surface area (Å²) in [5.74, 6) is -0.0418. The number of unbranched alkanes of at least 4 members (excludes halogenated alkanes) is 1. The highest BCUT2D eigenvalue weighted by atomic mass is 32.1. The van der Waals surface area contributed by atoms with E-state index in [2.05, 4.69) is 63.4 Å². The van der Waals surface area contributed by atoms with Crippen LogP contribution in [-0.4, -0.2) is 54.9 Å². The van der Waals surface area contributed by atoms with Crippen molar-refractivity contribution in [3.63, 3.8) is 0 Å². The summed E-state index contributed by atoms with van der Waals surface area (Å²) in [5, 5.41) is 9.16. The van der Waals surface area contributed by atoms with Gasteiger partial charge in [0.15, 0.2) is 5.78 Å². The first-order chi connectivity index (χ1) is 12.7. The number of nitrogens with one attached hydrogen (secondary N) is 3. The number of carbonyl (C=O) groups excluding carboxylic acids is 2. The first-order valence-electron chi connectivity index (χ1n) is 10.3. The third-order valence-electron chi connectivity index (χ3n) is 4.36. The van der Waals surface area contributed by atoms with E-state index in [1.807, 2.05) is 27.8 Å². The summed E-state index contributed by atoms with van der Waals surface area (Å²) in [6.07, 6.45) is 2.64. The summed E-state index contributed by atoms with van der Waals surface area (Å²) in [7, 11) is 1.89. The molecule has 7 heteroatoms. The van der Waals surface area contributed by atoms with Crippen LogP contribution in [0.1, 0.15) is 75.2 Å². The Labute approximate surface area is 179 Å². The predicted octanol–water partition coefficient (Wildman–Crippen LogP) is 3.88. The molecule has 0 heterocycles. The number of ketones is 1. The van der Waals surface area contributed by atoms with E-state index in [1.165, 1.54) is 19.8 Å². The van der Waals surface area contributed by atoms with E-state index in [0.717, 1.165) is 13.1 Å². The Bertz CT molecular complexity index is 441. The fraction of sp³-hybridized carbons (Fsp3) is 0.905. The summed E-state index contributed by atoms with van der Waals surface area (Å²) in [4.78, 5) is 24.2. The molecule has 2 amide bonds. The van der Waals surface area contributed by atoms with Gasteiger partial charge in [0.2, 0.25) is 0 Å². The van der Waals surface area contributed by atoms with Crippen LogP contribution < -0.4 is 16.0 Å². The number of urea groups is 1. The number of nitrogens with zero attached hydrogens (tertiary/aromatic N) is 1. The SMILES string of the molecule is CC(=O)C(NC(=O)NC(CNCCN(C)S)C(C)(C)C)C(C)(C)C.CCCC. The normalized spacial score (nSPS) is 14.0. The highest BCUT2D eigenvalue weighted by Crippen LogP contribution is 2.21. The van der Waals surface area contributed by atoms with Gasteiger partial charge < -0.3 is 16.0 Å². The molecule has 0 fully saturated rings. The van der Waals surface area contributed by atoms with Crippen LogP contribution in [0.15, 0.2) is 0 Å². The molecule has 0 aromatic heterocycles. The molecule has 0 aliphatic heterocycles. The minimum absolute atomic E-state index is 0.0418. The molecule has 6 nitrogen and oxygen atoms in total. The third-order valence-corrected chi connectivity index (χ3v) is 4.56. The van der Waals surface area contributed by atoms with E-state index < -0.39 is 6.04 Å². The number of Topliss-reactive ketones (excluding diaryl/α,β-unsaturated/α-hetero) is 1. The number of thiol groups is 1. The lowest BCUT2D eigenvalue weighted by Gasteiger charge is -2.34. The van der Waals surface area contributed by atoms with Gasteiger partial charge in [0.05, 0.1) is 6.04 Å². The topological polar surface area (TPSA) is 73.5 Å². The van der Waals surface area contributed by atoms with Gasteiger partial charge in [-0.3, -0.25) is 9.10 Å². The summed E-state index contributed by atoms with van der Waals surface area (Å²) in [5.41, 5.74) is -0.430. The maximum atomic E-state index is 12.4. The Morgan fingerprint density at radius 1 is 0.964 bits per heavy atom. The molecule has 28 heavy (non-hydrogen) atoms. The summed E-state index contributed by atoms with van der Waals surface area (Å²) in [6.45, 7) is 20.2. The number of likely N-dealkylation sites (N-methyl/N-ethyl adjacent to an activating group) is 1. The predicted molar refractivity (Wildman–Crippen MR) is 124 cm³/mol. The van der Waals surface area contributed by atoms with Crippen LogP contribution in [0.5, 0.6) is 0 Å². The molecule has 0 aromatic carbocycles. The summed E-state index contributed by atoms with van der Waals surface area (Å²) < 4.78 is 1.81. The lowest BCUT2D eigenvalue weighted by Crippen LogP contribution is -2.57. The number of hydrogen-bond donors (Lipinski definition) is 4. The molecule has 0 radical (unpaired) electrons. The van der Waals surface area contributed by atoms with Crippen molar-refractivity contribution in [2.75, 3.05) is 26.7 Å². The largest absolute Gasteiger partial charge is 0.334 e. The van der Waals surface area contributed by atoms with Crippen molar-refractivity contribution >= 4 is 24.6 Å². The van der Waals surface area contributed by atoms with Gasteiger partial charge in [-0.2, -0.15) is 0 Å². The van der Waals surface area contributed by atoms with Crippen molar-refractivity contribution in [1.82, 2.24) is 20.3 Å². The van der Waals surface area contributed by atoms with Crippen molar-refractivity contribution in [1.29, 1.82) is 0 Å². The molecule has 3 N–H and O–H groups in total. The van der Waals surface area contributed by atoms with Gasteiger partial charge in [-0.25, -0.2) is 4.79 Å². The van der Waals surface area contributed by atoms with Crippen LogP contribution in [0.4, 0.5) is 4.79 Å². The fourth-order valence-electron chi connectivity index (χ4n) is 2.32. The van der Waals surface area contributed by atoms with Crippen LogP contribution in [0.25, 0.3) is 0 Å². The van der Waals surface area contributed by atoms with Crippen molar-refractivity contribution < 1.29 is 9.59 Å². The van der Waals surface area contributed by atoms with E-state index in [4.69, 9.17) is 0 Å². The maximum Gasteiger partial charge on any atom is 0.315 e. The second-order valence-electron chi connectivity index (χ2n) is 9.53. The lowest BCUT2D eigenvalue weighted by molar-refractivity contribution is -0.121. The molecule has 2 unspecified atom stereocenters. The van der Waals surface area contributed by atoms with Crippen LogP contribution in [0.3, 0.4) is 0 Å². The standard InChI is InChI=1S/C17H36N4O2S.C4H10/c1-12(22)14(17(5,6)7)20-15(23)19-13(16(2,3)4)11-18-9-10-21(8)24;1-3-4-2/h13-14,18,24H,9-11H2,1-8H3,(H2,19,20,23);3-4H2,1-2H3. The molecule has 0 rings (SSSR count). The summed E-state index contributed by atoms with van der Waals surface area (Å²) in [6, 6.07) is -0.877. The van der Waals surface area contributed by atoms with Gasteiger partial charge in [0, 0.05) is 25.7 Å². The first kappa shape index (κ1) is 29.4. The number of amides is 2. The molecular weight excluding hydrogens is 372 g/mol. The van der Waals surface area contributed by atoms with Crippen LogP contribution in [-0.2, 0) is 4.79 Å². The number of rotatable bonds is 9. The zero-order valence-electron chi connectivity index (χ0n) is 19.9.